The van der Waals surface area contributed by atoms with Crippen LogP contribution in [0.15, 0.2) is 28.7 Å². The van der Waals surface area contributed by atoms with Crippen LogP contribution in [0.1, 0.15) is 38.4 Å². The van der Waals surface area contributed by atoms with Crippen molar-refractivity contribution in [3.05, 3.63) is 34.3 Å². The molecular weight excluding hydrogens is 278 g/mol. The van der Waals surface area contributed by atoms with Gasteiger partial charge in [0.05, 0.1) is 6.10 Å². The first-order chi connectivity index (χ1) is 8.09. The van der Waals surface area contributed by atoms with Gasteiger partial charge in [0.15, 0.2) is 0 Å². The molecule has 1 aromatic carbocycles. The highest BCUT2D eigenvalue weighted by Gasteiger charge is 2.06. The van der Waals surface area contributed by atoms with Crippen molar-refractivity contribution in [1.82, 2.24) is 5.32 Å². The molecule has 0 aliphatic rings. The van der Waals surface area contributed by atoms with Crippen molar-refractivity contribution in [2.75, 3.05) is 13.1 Å². The summed E-state index contributed by atoms with van der Waals surface area (Å²) in [6.07, 6.45) is 1.98. The number of rotatable bonds is 7. The van der Waals surface area contributed by atoms with Gasteiger partial charge in [-0.15, -0.1) is 0 Å². The number of benzene rings is 1. The lowest BCUT2D eigenvalue weighted by molar-refractivity contribution is 0.174. The summed E-state index contributed by atoms with van der Waals surface area (Å²) < 4.78 is 1.01. The maximum atomic E-state index is 9.97. The molecule has 1 unspecified atom stereocenters. The molecule has 17 heavy (non-hydrogen) atoms. The third-order valence-electron chi connectivity index (χ3n) is 2.71. The van der Waals surface area contributed by atoms with E-state index < -0.39 is 6.10 Å². The second-order valence-corrected chi connectivity index (χ2v) is 5.73. The summed E-state index contributed by atoms with van der Waals surface area (Å²) in [4.78, 5) is 0. The van der Waals surface area contributed by atoms with Crippen LogP contribution in [0.4, 0.5) is 0 Å². The van der Waals surface area contributed by atoms with Gasteiger partial charge in [0.25, 0.3) is 0 Å². The van der Waals surface area contributed by atoms with Gasteiger partial charge < -0.3 is 10.4 Å². The summed E-state index contributed by atoms with van der Waals surface area (Å²) in [5, 5.41) is 13.3. The third-order valence-corrected chi connectivity index (χ3v) is 3.20. The molecule has 2 nitrogen and oxygen atoms in total. The van der Waals surface area contributed by atoms with Crippen LogP contribution in [0.5, 0.6) is 0 Å². The minimum absolute atomic E-state index is 0.424. The Bertz CT molecular complexity index is 328. The Morgan fingerprint density at radius 1 is 1.35 bits per heavy atom. The van der Waals surface area contributed by atoms with E-state index in [1.165, 1.54) is 12.8 Å². The monoisotopic (exact) mass is 299 g/mol. The molecule has 0 aromatic heterocycles. The normalized spacial score (nSPS) is 13.0. The van der Waals surface area contributed by atoms with Crippen LogP contribution in [0.3, 0.4) is 0 Å². The number of aliphatic hydroxyl groups excluding tert-OH is 1. The van der Waals surface area contributed by atoms with E-state index in [4.69, 9.17) is 0 Å². The zero-order valence-electron chi connectivity index (χ0n) is 10.6. The fourth-order valence-electron chi connectivity index (χ4n) is 1.71. The van der Waals surface area contributed by atoms with Crippen molar-refractivity contribution in [2.45, 2.75) is 32.8 Å². The second-order valence-electron chi connectivity index (χ2n) is 4.81. The summed E-state index contributed by atoms with van der Waals surface area (Å²) in [6.45, 7) is 6.06. The molecule has 1 atom stereocenters. The van der Waals surface area contributed by atoms with E-state index in [9.17, 15) is 5.11 Å². The predicted octanol–water partition coefficient (Wildman–Crippen LogP) is 3.51. The van der Waals surface area contributed by atoms with Crippen LogP contribution < -0.4 is 5.32 Å². The molecule has 0 aliphatic heterocycles. The van der Waals surface area contributed by atoms with E-state index in [-0.39, 0.29) is 0 Å². The topological polar surface area (TPSA) is 32.3 Å². The van der Waals surface area contributed by atoms with Crippen molar-refractivity contribution in [3.8, 4) is 0 Å². The largest absolute Gasteiger partial charge is 0.387 e. The van der Waals surface area contributed by atoms with Crippen molar-refractivity contribution in [2.24, 2.45) is 5.92 Å². The van der Waals surface area contributed by atoms with E-state index in [1.807, 2.05) is 24.3 Å². The number of nitrogens with one attached hydrogen (secondary N) is 1. The van der Waals surface area contributed by atoms with Crippen LogP contribution in [-0.2, 0) is 0 Å². The standard InChI is InChI=1S/C14H22BrNO/c1-11(2)5-4-8-16-10-14(17)12-6-3-7-13(15)9-12/h3,6-7,9,11,14,16-17H,4-5,8,10H2,1-2H3. The van der Waals surface area contributed by atoms with E-state index in [0.717, 1.165) is 22.5 Å². The molecule has 3 heteroatoms. The summed E-state index contributed by atoms with van der Waals surface area (Å²) >= 11 is 3.41. The lowest BCUT2D eigenvalue weighted by Crippen LogP contribution is -2.22. The minimum Gasteiger partial charge on any atom is -0.387 e. The lowest BCUT2D eigenvalue weighted by atomic mass is 10.1. The van der Waals surface area contributed by atoms with Gasteiger partial charge in [0, 0.05) is 11.0 Å². The van der Waals surface area contributed by atoms with E-state index in [2.05, 4.69) is 35.1 Å². The van der Waals surface area contributed by atoms with Gasteiger partial charge >= 0.3 is 0 Å². The maximum Gasteiger partial charge on any atom is 0.0914 e. The average molecular weight is 300 g/mol. The molecule has 0 bridgehead atoms. The van der Waals surface area contributed by atoms with Gasteiger partial charge in [-0.25, -0.2) is 0 Å². The maximum absolute atomic E-state index is 9.97. The van der Waals surface area contributed by atoms with E-state index in [1.54, 1.807) is 0 Å². The van der Waals surface area contributed by atoms with Crippen molar-refractivity contribution < 1.29 is 5.11 Å². The molecule has 1 aromatic rings. The molecule has 0 saturated carbocycles. The minimum atomic E-state index is -0.424. The van der Waals surface area contributed by atoms with Crippen molar-refractivity contribution in [3.63, 3.8) is 0 Å². The summed E-state index contributed by atoms with van der Waals surface area (Å²) in [7, 11) is 0. The predicted molar refractivity (Wildman–Crippen MR) is 76.0 cm³/mol. The van der Waals surface area contributed by atoms with Crippen LogP contribution in [0, 0.1) is 5.92 Å². The molecular formula is C14H22BrNO. The highest BCUT2D eigenvalue weighted by Crippen LogP contribution is 2.17. The number of hydrogen-bond donors (Lipinski definition) is 2. The Kier molecular flexibility index (Phi) is 6.78. The second kappa shape index (κ2) is 7.85. The van der Waals surface area contributed by atoms with Gasteiger partial charge in [-0.2, -0.15) is 0 Å². The average Bonchev–Trinajstić information content (AvgIpc) is 2.28. The van der Waals surface area contributed by atoms with Gasteiger partial charge in [-0.1, -0.05) is 41.9 Å². The van der Waals surface area contributed by atoms with Crippen LogP contribution in [0.25, 0.3) is 0 Å². The number of halogens is 1. The number of aliphatic hydroxyl groups is 1. The zero-order valence-corrected chi connectivity index (χ0v) is 12.2. The van der Waals surface area contributed by atoms with Crippen molar-refractivity contribution in [1.29, 1.82) is 0 Å². The lowest BCUT2D eigenvalue weighted by Gasteiger charge is -2.13. The summed E-state index contributed by atoms with van der Waals surface area (Å²) in [6, 6.07) is 7.82. The van der Waals surface area contributed by atoms with Crippen LogP contribution in [0.2, 0.25) is 0 Å². The first kappa shape index (κ1) is 14.7. The molecule has 0 heterocycles. The van der Waals surface area contributed by atoms with Gasteiger partial charge in [-0.3, -0.25) is 0 Å². The molecule has 0 saturated heterocycles. The number of hydrogen-bond acceptors (Lipinski definition) is 2. The highest BCUT2D eigenvalue weighted by molar-refractivity contribution is 9.10. The van der Waals surface area contributed by atoms with Gasteiger partial charge in [0.2, 0.25) is 0 Å². The Morgan fingerprint density at radius 3 is 2.76 bits per heavy atom. The van der Waals surface area contributed by atoms with Crippen molar-refractivity contribution >= 4 is 15.9 Å². The molecule has 2 N–H and O–H groups in total. The van der Waals surface area contributed by atoms with E-state index >= 15 is 0 Å². The molecule has 0 aliphatic carbocycles. The highest BCUT2D eigenvalue weighted by atomic mass is 79.9. The summed E-state index contributed by atoms with van der Waals surface area (Å²) in [5.74, 6) is 0.756. The first-order valence-electron chi connectivity index (χ1n) is 6.24. The fourth-order valence-corrected chi connectivity index (χ4v) is 2.12. The molecule has 0 radical (unpaired) electrons. The zero-order chi connectivity index (χ0) is 12.7. The van der Waals surface area contributed by atoms with Crippen LogP contribution >= 0.6 is 15.9 Å². The smallest absolute Gasteiger partial charge is 0.0914 e. The van der Waals surface area contributed by atoms with E-state index in [0.29, 0.717) is 6.54 Å². The Balaban J connectivity index is 2.23. The SMILES string of the molecule is CC(C)CCCNCC(O)c1cccc(Br)c1. The molecule has 0 spiro atoms. The molecule has 0 fully saturated rings. The Labute approximate surface area is 113 Å². The first-order valence-corrected chi connectivity index (χ1v) is 7.03. The van der Waals surface area contributed by atoms with Gasteiger partial charge in [-0.05, 0) is 43.0 Å². The molecule has 1 rings (SSSR count). The molecule has 0 amide bonds. The van der Waals surface area contributed by atoms with Gasteiger partial charge in [0.1, 0.15) is 0 Å². The Morgan fingerprint density at radius 2 is 2.12 bits per heavy atom. The molecule has 96 valence electrons. The third kappa shape index (κ3) is 6.20. The van der Waals surface area contributed by atoms with Crippen LogP contribution in [-0.4, -0.2) is 18.2 Å². The summed E-state index contributed by atoms with van der Waals surface area (Å²) in [5.41, 5.74) is 0.954. The quantitative estimate of drug-likeness (QED) is 0.755. The fraction of sp³-hybridized carbons (Fsp3) is 0.571. The Hall–Kier alpha value is -0.380.